The summed E-state index contributed by atoms with van der Waals surface area (Å²) >= 11 is 0. The van der Waals surface area contributed by atoms with E-state index in [9.17, 15) is 65.1 Å². The zero-order valence-electron chi connectivity index (χ0n) is 32.6. The number of aliphatic hydroxyl groups is 6. The van der Waals surface area contributed by atoms with Crippen LogP contribution in [0.25, 0.3) is 11.1 Å². The molecule has 60 heavy (non-hydrogen) atoms. The molecule has 2 fully saturated rings. The maximum absolute atomic E-state index is 14.3. The largest absolute Gasteiger partial charge is 0.507 e. The van der Waals surface area contributed by atoms with Crippen molar-refractivity contribution in [2.75, 3.05) is 20.8 Å². The standard InChI is InChI=1S/C40H43NO19/c1-11-6-18-23(31(49)21(11)37(52)41-12(2)38(53)54)24-16(9-17-25(35(24)56-5)28(46)15-7-14(55-4)8-19(42)22(15)27(17)45)29(47)34(18)59-40-33(51)36(26(44)13(3)58-40)60-39-32(50)30(48)20(43)10-57-39/h6-9,12-13,20,26,29-30,32-34,36,39-40,42-44,47-51H,10H2,1-5H3,(H,41,52)(H,53,54)/t12-,13-,20-,26+,29+,30+,32-,33-,34+,36+,39+,40+/m1/s1. The van der Waals surface area contributed by atoms with Crippen molar-refractivity contribution in [2.45, 2.75) is 94.3 Å². The first-order valence-corrected chi connectivity index (χ1v) is 18.6. The van der Waals surface area contributed by atoms with Crippen molar-refractivity contribution < 1.29 is 93.6 Å². The van der Waals surface area contributed by atoms with Gasteiger partial charge in [-0.1, -0.05) is 6.07 Å². The minimum atomic E-state index is -1.93. The average Bonchev–Trinajstić information content (AvgIpc) is 3.20. The molecule has 20 heteroatoms. The van der Waals surface area contributed by atoms with E-state index in [2.05, 4.69) is 5.32 Å². The molecule has 0 unspecified atom stereocenters. The number of aliphatic hydroxyl groups excluding tert-OH is 6. The van der Waals surface area contributed by atoms with E-state index in [1.807, 2.05) is 0 Å². The number of phenols is 2. The van der Waals surface area contributed by atoms with Crippen LogP contribution in [0.1, 0.15) is 84.9 Å². The van der Waals surface area contributed by atoms with Crippen LogP contribution in [0, 0.1) is 6.92 Å². The lowest BCUT2D eigenvalue weighted by Crippen LogP contribution is -2.62. The number of methoxy groups -OCH3 is 2. The third-order valence-corrected chi connectivity index (χ3v) is 11.2. The molecule has 2 aliphatic heterocycles. The number of hydrogen-bond acceptors (Lipinski definition) is 18. The Labute approximate surface area is 340 Å². The summed E-state index contributed by atoms with van der Waals surface area (Å²) in [5, 5.41) is 100. The number of carbonyl (C=O) groups excluding carboxylic acids is 3. The number of carboxylic acids is 1. The third-order valence-electron chi connectivity index (χ3n) is 11.2. The smallest absolute Gasteiger partial charge is 0.325 e. The number of carboxylic acid groups (broad SMARTS) is 1. The van der Waals surface area contributed by atoms with Gasteiger partial charge >= 0.3 is 5.97 Å². The SMILES string of the molecule is COc1cc(O)c2c(c1)C(=O)c1c(cc3c(c1OC)-c1c(cc(C)c(C(=O)N[C@H](C)C(=O)O)c1O)[C@H](O[C@@H]1O[C@H](C)[C@H](O)[C@H](O[C@@H]4OC[C@@H](O)[C@H](O)[C@H]4O)[C@H]1O)[C@H]3O)C2=O. The van der Waals surface area contributed by atoms with Crippen LogP contribution in [0.2, 0.25) is 0 Å². The van der Waals surface area contributed by atoms with Gasteiger partial charge in [-0.3, -0.25) is 19.2 Å². The van der Waals surface area contributed by atoms with Gasteiger partial charge in [0.05, 0.1) is 43.6 Å². The average molecular weight is 842 g/mol. The van der Waals surface area contributed by atoms with Crippen molar-refractivity contribution in [1.29, 1.82) is 0 Å². The van der Waals surface area contributed by atoms with Gasteiger partial charge < -0.3 is 79.7 Å². The molecule has 2 heterocycles. The third kappa shape index (κ3) is 6.83. The topological polar surface area (TPSA) is 318 Å². The number of benzene rings is 3. The summed E-state index contributed by atoms with van der Waals surface area (Å²) in [6.45, 7) is 3.52. The first kappa shape index (κ1) is 42.8. The maximum Gasteiger partial charge on any atom is 0.325 e. The maximum atomic E-state index is 14.3. The first-order valence-electron chi connectivity index (χ1n) is 18.6. The minimum Gasteiger partial charge on any atom is -0.507 e. The van der Waals surface area contributed by atoms with Crippen LogP contribution in [-0.2, 0) is 23.7 Å². The molecule has 0 spiro atoms. The zero-order valence-corrected chi connectivity index (χ0v) is 32.6. The van der Waals surface area contributed by atoms with Gasteiger partial charge in [0.25, 0.3) is 5.91 Å². The Bertz CT molecular complexity index is 2280. The van der Waals surface area contributed by atoms with Crippen molar-refractivity contribution in [1.82, 2.24) is 5.32 Å². The van der Waals surface area contributed by atoms with Crippen molar-refractivity contribution in [3.63, 3.8) is 0 Å². The number of hydrogen-bond donors (Lipinski definition) is 10. The molecule has 4 aliphatic rings. The van der Waals surface area contributed by atoms with Crippen LogP contribution in [0.3, 0.4) is 0 Å². The van der Waals surface area contributed by atoms with Crippen LogP contribution >= 0.6 is 0 Å². The summed E-state index contributed by atoms with van der Waals surface area (Å²) < 4.78 is 34.1. The summed E-state index contributed by atoms with van der Waals surface area (Å²) in [6.07, 6.45) is -18.3. The summed E-state index contributed by atoms with van der Waals surface area (Å²) in [4.78, 5) is 53.7. The molecule has 0 saturated carbocycles. The van der Waals surface area contributed by atoms with E-state index >= 15 is 0 Å². The molecular weight excluding hydrogens is 798 g/mol. The molecule has 10 N–H and O–H groups in total. The number of ketones is 2. The highest BCUT2D eigenvalue weighted by atomic mass is 16.7. The lowest BCUT2D eigenvalue weighted by Gasteiger charge is -2.45. The Morgan fingerprint density at radius 2 is 1.47 bits per heavy atom. The minimum absolute atomic E-state index is 0.0459. The van der Waals surface area contributed by atoms with E-state index in [1.54, 1.807) is 0 Å². The predicted octanol–water partition coefficient (Wildman–Crippen LogP) is -0.536. The number of phenolic OH excluding ortho intramolecular Hbond substituents is 2. The molecule has 7 rings (SSSR count). The fraction of sp³-hybridized carbons (Fsp3) is 0.450. The van der Waals surface area contributed by atoms with Crippen molar-refractivity contribution >= 4 is 23.4 Å². The second kappa shape index (κ2) is 16.0. The molecule has 0 radical (unpaired) electrons. The van der Waals surface area contributed by atoms with Gasteiger partial charge in [0, 0.05) is 28.3 Å². The number of fused-ring (bicyclic) bond motifs is 5. The number of carbonyl (C=O) groups is 4. The van der Waals surface area contributed by atoms with E-state index < -0.39 is 121 Å². The van der Waals surface area contributed by atoms with Gasteiger partial charge in [0.1, 0.15) is 77.9 Å². The van der Waals surface area contributed by atoms with Crippen LogP contribution < -0.4 is 14.8 Å². The summed E-state index contributed by atoms with van der Waals surface area (Å²) in [5.74, 6) is -5.72. The molecule has 20 nitrogen and oxygen atoms in total. The Balaban J connectivity index is 1.38. The molecule has 322 valence electrons. The predicted molar refractivity (Wildman–Crippen MR) is 199 cm³/mol. The molecule has 2 aliphatic carbocycles. The van der Waals surface area contributed by atoms with Crippen LogP contribution in [0.15, 0.2) is 24.3 Å². The Morgan fingerprint density at radius 1 is 0.800 bits per heavy atom. The van der Waals surface area contributed by atoms with E-state index in [4.69, 9.17) is 28.4 Å². The van der Waals surface area contributed by atoms with Crippen molar-refractivity contribution in [3.8, 4) is 34.1 Å². The summed E-state index contributed by atoms with van der Waals surface area (Å²) in [5.41, 5.74) is -2.37. The number of ether oxygens (including phenoxy) is 6. The first-order chi connectivity index (χ1) is 28.3. The Hall–Kier alpha value is -5.26. The number of rotatable bonds is 9. The highest BCUT2D eigenvalue weighted by Crippen LogP contribution is 2.57. The van der Waals surface area contributed by atoms with Gasteiger partial charge in [0.15, 0.2) is 24.1 Å². The normalized spacial score (nSPS) is 30.0. The van der Waals surface area contributed by atoms with Gasteiger partial charge in [-0.05, 0) is 49.6 Å². The van der Waals surface area contributed by atoms with Crippen molar-refractivity contribution in [3.05, 3.63) is 68.8 Å². The number of nitrogens with one attached hydrogen (secondary N) is 1. The molecule has 3 aromatic rings. The lowest BCUT2D eigenvalue weighted by atomic mass is 9.74. The quantitative estimate of drug-likeness (QED) is 0.101. The molecule has 0 aromatic heterocycles. The number of aryl methyl sites for hydroxylation is 1. The second-order valence-electron chi connectivity index (χ2n) is 15.0. The number of amides is 1. The van der Waals surface area contributed by atoms with Gasteiger partial charge in [-0.2, -0.15) is 0 Å². The Morgan fingerprint density at radius 3 is 2.12 bits per heavy atom. The van der Waals surface area contributed by atoms with E-state index in [0.29, 0.717) is 0 Å². The zero-order chi connectivity index (χ0) is 43.8. The van der Waals surface area contributed by atoms with E-state index in [-0.39, 0.29) is 61.6 Å². The molecule has 0 bridgehead atoms. The van der Waals surface area contributed by atoms with Crippen LogP contribution in [-0.4, -0.2) is 152 Å². The molecular formula is C40H43NO19. The second-order valence-corrected chi connectivity index (χ2v) is 15.0. The van der Waals surface area contributed by atoms with Crippen LogP contribution in [0.5, 0.6) is 23.0 Å². The molecule has 12 atom stereocenters. The number of aromatic hydroxyl groups is 2. The number of aliphatic carboxylic acids is 1. The van der Waals surface area contributed by atoms with E-state index in [0.717, 1.165) is 19.2 Å². The fourth-order valence-electron chi connectivity index (χ4n) is 8.06. The fourth-order valence-corrected chi connectivity index (χ4v) is 8.06. The molecule has 3 aromatic carbocycles. The van der Waals surface area contributed by atoms with Crippen molar-refractivity contribution in [2.24, 2.45) is 0 Å². The van der Waals surface area contributed by atoms with E-state index in [1.165, 1.54) is 40.0 Å². The lowest BCUT2D eigenvalue weighted by molar-refractivity contribution is -0.353. The summed E-state index contributed by atoms with van der Waals surface area (Å²) in [6, 6.07) is 3.43. The highest BCUT2D eigenvalue weighted by molar-refractivity contribution is 6.31. The van der Waals surface area contributed by atoms with Crippen LogP contribution in [0.4, 0.5) is 0 Å². The monoisotopic (exact) mass is 841 g/mol. The molecule has 1 amide bonds. The van der Waals surface area contributed by atoms with Gasteiger partial charge in [0.2, 0.25) is 0 Å². The highest BCUT2D eigenvalue weighted by Gasteiger charge is 2.51. The summed E-state index contributed by atoms with van der Waals surface area (Å²) in [7, 11) is 2.44. The van der Waals surface area contributed by atoms with Gasteiger partial charge in [-0.25, -0.2) is 0 Å². The van der Waals surface area contributed by atoms with Gasteiger partial charge in [-0.15, -0.1) is 0 Å². The molecule has 2 saturated heterocycles. The Kier molecular flexibility index (Phi) is 11.4.